The Labute approximate surface area is 316 Å². The van der Waals surface area contributed by atoms with Crippen LogP contribution in [0.2, 0.25) is 0 Å². The number of unbranched alkanes of at least 4 members (excludes halogenated alkanes) is 5. The first-order valence-electron chi connectivity index (χ1n) is 19.5. The normalized spacial score (nSPS) is 12.1. The molecule has 0 aliphatic heterocycles. The molecule has 0 aromatic heterocycles. The lowest BCUT2D eigenvalue weighted by atomic mass is 9.98. The van der Waals surface area contributed by atoms with Gasteiger partial charge in [-0.1, -0.05) is 87.6 Å². The first-order valence-corrected chi connectivity index (χ1v) is 19.5. The number of fused-ring (bicyclic) bond motifs is 3. The van der Waals surface area contributed by atoms with Crippen LogP contribution in [0.25, 0.3) is 11.1 Å². The second kappa shape index (κ2) is 30.3. The average Bonchev–Trinajstić information content (AvgIpc) is 3.50. The molecule has 12 heteroatoms. The molecular formula is C41H63NO11. The number of benzene rings is 2. The minimum absolute atomic E-state index is 0.0492. The number of amides is 1. The Hall–Kier alpha value is -3.10. The van der Waals surface area contributed by atoms with Gasteiger partial charge in [-0.05, 0) is 35.1 Å². The molecular weight excluding hydrogens is 682 g/mol. The molecule has 3 rings (SSSR count). The molecule has 0 atom stereocenters. The molecule has 0 radical (unpaired) electrons. The first-order chi connectivity index (χ1) is 26.2. The smallest absolute Gasteiger partial charge is 0.407 e. The number of hydrogen-bond acceptors (Lipinski definition) is 11. The number of rotatable bonds is 34. The van der Waals surface area contributed by atoms with Crippen LogP contribution < -0.4 is 5.32 Å². The van der Waals surface area contributed by atoms with Crippen molar-refractivity contribution in [1.82, 2.24) is 5.32 Å². The lowest BCUT2D eigenvalue weighted by Gasteiger charge is -2.14. The lowest BCUT2D eigenvalue weighted by Crippen LogP contribution is -2.27. The number of nitrogens with one attached hydrogen (secondary N) is 1. The zero-order valence-electron chi connectivity index (χ0n) is 31.9. The van der Waals surface area contributed by atoms with Gasteiger partial charge >= 0.3 is 12.1 Å². The molecule has 0 unspecified atom stereocenters. The Morgan fingerprint density at radius 1 is 0.509 bits per heavy atom. The fourth-order valence-corrected chi connectivity index (χ4v) is 5.77. The van der Waals surface area contributed by atoms with Crippen molar-refractivity contribution in [2.45, 2.75) is 64.2 Å². The van der Waals surface area contributed by atoms with Crippen molar-refractivity contribution < 1.29 is 52.2 Å². The molecule has 2 aromatic carbocycles. The van der Waals surface area contributed by atoms with E-state index in [1.54, 1.807) is 0 Å². The first kappa shape index (κ1) is 44.3. The van der Waals surface area contributed by atoms with Crippen LogP contribution in [0.5, 0.6) is 0 Å². The molecule has 1 N–H and O–H groups in total. The molecule has 0 spiro atoms. The Balaban J connectivity index is 0.966. The van der Waals surface area contributed by atoms with Crippen LogP contribution in [0.4, 0.5) is 4.79 Å². The quantitative estimate of drug-likeness (QED) is 0.0638. The Bertz CT molecular complexity index is 1180. The van der Waals surface area contributed by atoms with E-state index in [-0.39, 0.29) is 18.5 Å². The summed E-state index contributed by atoms with van der Waals surface area (Å²) in [5, 5.41) is 2.80. The van der Waals surface area contributed by atoms with Gasteiger partial charge in [0.1, 0.15) is 13.2 Å². The SMILES string of the molecule is CCCCCCCCC(=O)OCCOCCOCCOCCOCCOCCOCCOCCCNC(=O)OCC1c2ccccc2-c2ccccc21. The standard InChI is InChI=1S/C41H63NO11/c1-2-3-4-5-6-7-17-40(43)52-33-32-51-31-30-50-29-28-49-27-26-48-25-24-47-23-22-46-21-20-45-19-12-18-42-41(44)53-34-39-37-15-10-8-13-35(37)36-14-9-11-16-38(36)39/h8-11,13-16,39H,2-7,12,17-34H2,1H3,(H,42,44). The van der Waals surface area contributed by atoms with Crippen LogP contribution in [0.1, 0.15) is 75.3 Å². The van der Waals surface area contributed by atoms with Crippen LogP contribution >= 0.6 is 0 Å². The molecule has 53 heavy (non-hydrogen) atoms. The van der Waals surface area contributed by atoms with Gasteiger partial charge in [-0.15, -0.1) is 0 Å². The fraction of sp³-hybridized carbons (Fsp3) is 0.659. The molecule has 1 aliphatic carbocycles. The van der Waals surface area contributed by atoms with Crippen LogP contribution in [-0.4, -0.2) is 124 Å². The van der Waals surface area contributed by atoms with Crippen molar-refractivity contribution in [3.05, 3.63) is 59.7 Å². The van der Waals surface area contributed by atoms with Crippen LogP contribution in [0.3, 0.4) is 0 Å². The number of esters is 1. The third-order valence-electron chi connectivity index (χ3n) is 8.54. The molecule has 1 aliphatic rings. The number of carbonyl (C=O) groups excluding carboxylic acids is 2. The summed E-state index contributed by atoms with van der Waals surface area (Å²) in [7, 11) is 0. The van der Waals surface area contributed by atoms with Crippen molar-refractivity contribution in [3.63, 3.8) is 0 Å². The zero-order valence-corrected chi connectivity index (χ0v) is 31.9. The van der Waals surface area contributed by atoms with Crippen molar-refractivity contribution in [2.24, 2.45) is 0 Å². The van der Waals surface area contributed by atoms with E-state index in [4.69, 9.17) is 42.6 Å². The van der Waals surface area contributed by atoms with Gasteiger partial charge in [0.05, 0.1) is 85.9 Å². The summed E-state index contributed by atoms with van der Waals surface area (Å²) < 4.78 is 49.3. The summed E-state index contributed by atoms with van der Waals surface area (Å²) in [5.41, 5.74) is 4.81. The fourth-order valence-electron chi connectivity index (χ4n) is 5.77. The van der Waals surface area contributed by atoms with Crippen molar-refractivity contribution >= 4 is 12.1 Å². The second-order valence-electron chi connectivity index (χ2n) is 12.6. The maximum Gasteiger partial charge on any atom is 0.407 e. The molecule has 0 bridgehead atoms. The summed E-state index contributed by atoms with van der Waals surface area (Å²) in [6.45, 7) is 9.88. The predicted molar refractivity (Wildman–Crippen MR) is 202 cm³/mol. The monoisotopic (exact) mass is 745 g/mol. The van der Waals surface area contributed by atoms with Crippen LogP contribution in [0, 0.1) is 0 Å². The highest BCUT2D eigenvalue weighted by molar-refractivity contribution is 5.79. The molecule has 0 heterocycles. The van der Waals surface area contributed by atoms with Gasteiger partial charge in [-0.3, -0.25) is 4.79 Å². The van der Waals surface area contributed by atoms with Gasteiger partial charge in [0, 0.05) is 25.5 Å². The minimum Gasteiger partial charge on any atom is -0.463 e. The second-order valence-corrected chi connectivity index (χ2v) is 12.6. The van der Waals surface area contributed by atoms with E-state index in [1.807, 2.05) is 24.3 Å². The van der Waals surface area contributed by atoms with Crippen molar-refractivity contribution in [3.8, 4) is 11.1 Å². The van der Waals surface area contributed by atoms with E-state index >= 15 is 0 Å². The highest BCUT2D eigenvalue weighted by Crippen LogP contribution is 2.44. The van der Waals surface area contributed by atoms with Crippen molar-refractivity contribution in [2.75, 3.05) is 112 Å². The third-order valence-corrected chi connectivity index (χ3v) is 8.54. The number of alkyl carbamates (subject to hydrolysis) is 1. The molecule has 0 fully saturated rings. The highest BCUT2D eigenvalue weighted by atomic mass is 16.6. The van der Waals surface area contributed by atoms with Crippen LogP contribution in [0.15, 0.2) is 48.5 Å². The lowest BCUT2D eigenvalue weighted by molar-refractivity contribution is -0.145. The van der Waals surface area contributed by atoms with E-state index in [2.05, 4.69) is 36.5 Å². The molecule has 298 valence electrons. The van der Waals surface area contributed by atoms with E-state index in [9.17, 15) is 9.59 Å². The minimum atomic E-state index is -0.416. The van der Waals surface area contributed by atoms with Gasteiger partial charge in [-0.2, -0.15) is 0 Å². The van der Waals surface area contributed by atoms with E-state index < -0.39 is 6.09 Å². The van der Waals surface area contributed by atoms with Gasteiger partial charge in [0.2, 0.25) is 0 Å². The number of hydrogen-bond donors (Lipinski definition) is 1. The maximum atomic E-state index is 12.3. The Kier molecular flexibility index (Phi) is 25.3. The average molecular weight is 746 g/mol. The van der Waals surface area contributed by atoms with Crippen molar-refractivity contribution in [1.29, 1.82) is 0 Å². The molecule has 1 amide bonds. The summed E-state index contributed by atoms with van der Waals surface area (Å²) in [6, 6.07) is 16.6. The number of ether oxygens (including phenoxy) is 9. The van der Waals surface area contributed by atoms with Gasteiger partial charge < -0.3 is 47.9 Å². The van der Waals surface area contributed by atoms with E-state index in [1.165, 1.54) is 47.9 Å². The molecule has 2 aromatic rings. The Morgan fingerprint density at radius 2 is 0.943 bits per heavy atom. The van der Waals surface area contributed by atoms with Crippen LogP contribution in [-0.2, 0) is 47.4 Å². The predicted octanol–water partition coefficient (Wildman–Crippen LogP) is 6.33. The molecule has 12 nitrogen and oxygen atoms in total. The van der Waals surface area contributed by atoms with E-state index in [0.717, 1.165) is 12.8 Å². The zero-order chi connectivity index (χ0) is 37.4. The summed E-state index contributed by atoms with van der Waals surface area (Å²) >= 11 is 0. The summed E-state index contributed by atoms with van der Waals surface area (Å²) in [5.74, 6) is -0.0976. The van der Waals surface area contributed by atoms with Gasteiger partial charge in [0.25, 0.3) is 0 Å². The summed E-state index contributed by atoms with van der Waals surface area (Å²) in [4.78, 5) is 24.0. The number of carbonyl (C=O) groups is 2. The third kappa shape index (κ3) is 20.2. The molecule has 0 saturated heterocycles. The Morgan fingerprint density at radius 3 is 1.45 bits per heavy atom. The highest BCUT2D eigenvalue weighted by Gasteiger charge is 2.28. The summed E-state index contributed by atoms with van der Waals surface area (Å²) in [6.07, 6.45) is 7.67. The molecule has 0 saturated carbocycles. The maximum absolute atomic E-state index is 12.3. The van der Waals surface area contributed by atoms with Gasteiger partial charge in [-0.25, -0.2) is 4.79 Å². The topological polar surface area (TPSA) is 129 Å². The van der Waals surface area contributed by atoms with E-state index in [0.29, 0.717) is 118 Å². The largest absolute Gasteiger partial charge is 0.463 e. The van der Waals surface area contributed by atoms with Gasteiger partial charge in [0.15, 0.2) is 0 Å².